The fraction of sp³-hybridized carbons (Fsp3) is 0.474. The van der Waals surface area contributed by atoms with E-state index in [1.54, 1.807) is 13.3 Å². The van der Waals surface area contributed by atoms with Gasteiger partial charge in [-0.05, 0) is 44.4 Å². The summed E-state index contributed by atoms with van der Waals surface area (Å²) in [6.45, 7) is 8.48. The average Bonchev–Trinajstić information content (AvgIpc) is 3.16. The molecular formula is C19H27N3O3. The minimum atomic E-state index is -0.536. The van der Waals surface area contributed by atoms with Crippen LogP contribution < -0.4 is 10.6 Å². The normalized spacial score (nSPS) is 12.2. The lowest BCUT2D eigenvalue weighted by molar-refractivity contribution is -0.122. The average molecular weight is 345 g/mol. The van der Waals surface area contributed by atoms with Gasteiger partial charge >= 0.3 is 0 Å². The van der Waals surface area contributed by atoms with Crippen molar-refractivity contribution in [1.29, 1.82) is 0 Å². The molecule has 2 aromatic rings. The SMILES string of the molecule is CNC(=O)[C@@H](CC(C)C)NC(=O)c1cc(C)n(Cc2ccco2)c1C. The van der Waals surface area contributed by atoms with E-state index < -0.39 is 6.04 Å². The van der Waals surface area contributed by atoms with E-state index in [-0.39, 0.29) is 11.8 Å². The van der Waals surface area contributed by atoms with E-state index in [0.29, 0.717) is 24.4 Å². The summed E-state index contributed by atoms with van der Waals surface area (Å²) in [5.74, 6) is 0.727. The van der Waals surface area contributed by atoms with Gasteiger partial charge in [0.05, 0.1) is 18.4 Å². The molecule has 1 atom stereocenters. The molecule has 0 aromatic carbocycles. The Morgan fingerprint density at radius 3 is 2.56 bits per heavy atom. The molecule has 0 spiro atoms. The Kier molecular flexibility index (Phi) is 6.07. The van der Waals surface area contributed by atoms with Gasteiger partial charge in [-0.2, -0.15) is 0 Å². The first kappa shape index (κ1) is 18.8. The lowest BCUT2D eigenvalue weighted by Crippen LogP contribution is -2.46. The van der Waals surface area contributed by atoms with Gasteiger partial charge in [0.2, 0.25) is 5.91 Å². The number of amides is 2. The van der Waals surface area contributed by atoms with Crippen molar-refractivity contribution >= 4 is 11.8 Å². The molecule has 2 aromatic heterocycles. The van der Waals surface area contributed by atoms with Crippen LogP contribution in [0, 0.1) is 19.8 Å². The standard InChI is InChI=1S/C19H27N3O3/c1-12(2)9-17(19(24)20-5)21-18(23)16-10-13(3)22(14(16)4)11-15-7-6-8-25-15/h6-8,10,12,17H,9,11H2,1-5H3,(H,20,24)(H,21,23)/t17-/m1/s1. The number of carbonyl (C=O) groups is 2. The van der Waals surface area contributed by atoms with E-state index in [4.69, 9.17) is 4.42 Å². The van der Waals surface area contributed by atoms with E-state index >= 15 is 0 Å². The van der Waals surface area contributed by atoms with Crippen LogP contribution in [-0.4, -0.2) is 29.5 Å². The Bertz CT molecular complexity index is 729. The molecule has 136 valence electrons. The Balaban J connectivity index is 2.19. The third-order valence-corrected chi connectivity index (χ3v) is 4.29. The highest BCUT2D eigenvalue weighted by atomic mass is 16.3. The molecule has 0 aliphatic rings. The van der Waals surface area contributed by atoms with Crippen LogP contribution in [0.15, 0.2) is 28.9 Å². The molecule has 2 N–H and O–H groups in total. The predicted molar refractivity (Wildman–Crippen MR) is 96.5 cm³/mol. The third kappa shape index (κ3) is 4.53. The van der Waals surface area contributed by atoms with Gasteiger partial charge in [0.1, 0.15) is 11.8 Å². The summed E-state index contributed by atoms with van der Waals surface area (Å²) < 4.78 is 7.43. The largest absolute Gasteiger partial charge is 0.467 e. The zero-order valence-electron chi connectivity index (χ0n) is 15.6. The minimum absolute atomic E-state index is 0.175. The summed E-state index contributed by atoms with van der Waals surface area (Å²) >= 11 is 0. The summed E-state index contributed by atoms with van der Waals surface area (Å²) in [5.41, 5.74) is 2.41. The molecule has 0 saturated heterocycles. The van der Waals surface area contributed by atoms with E-state index in [1.165, 1.54) is 0 Å². The number of aromatic nitrogens is 1. The highest BCUT2D eigenvalue weighted by Crippen LogP contribution is 2.18. The molecule has 2 heterocycles. The molecule has 0 aliphatic heterocycles. The van der Waals surface area contributed by atoms with Crippen LogP contribution in [0.3, 0.4) is 0 Å². The molecule has 0 bridgehead atoms. The molecule has 0 saturated carbocycles. The van der Waals surface area contributed by atoms with Gasteiger partial charge < -0.3 is 19.6 Å². The lowest BCUT2D eigenvalue weighted by Gasteiger charge is -2.19. The number of furan rings is 1. The summed E-state index contributed by atoms with van der Waals surface area (Å²) in [4.78, 5) is 24.8. The Morgan fingerprint density at radius 2 is 2.00 bits per heavy atom. The van der Waals surface area contributed by atoms with Crippen LogP contribution in [0.25, 0.3) is 0 Å². The monoisotopic (exact) mass is 345 g/mol. The summed E-state index contributed by atoms with van der Waals surface area (Å²) in [7, 11) is 1.58. The van der Waals surface area contributed by atoms with Crippen molar-refractivity contribution in [3.8, 4) is 0 Å². The van der Waals surface area contributed by atoms with Crippen molar-refractivity contribution in [2.75, 3.05) is 7.05 Å². The molecule has 0 aliphatic carbocycles. The van der Waals surface area contributed by atoms with Crippen molar-refractivity contribution in [3.05, 3.63) is 47.2 Å². The molecule has 0 radical (unpaired) electrons. The smallest absolute Gasteiger partial charge is 0.253 e. The number of hydrogen-bond acceptors (Lipinski definition) is 3. The zero-order chi connectivity index (χ0) is 18.6. The van der Waals surface area contributed by atoms with Gasteiger partial charge in [0.15, 0.2) is 0 Å². The maximum atomic E-state index is 12.7. The topological polar surface area (TPSA) is 76.3 Å². The maximum Gasteiger partial charge on any atom is 0.253 e. The minimum Gasteiger partial charge on any atom is -0.467 e. The number of hydrogen-bond donors (Lipinski definition) is 2. The molecule has 2 rings (SSSR count). The number of nitrogens with zero attached hydrogens (tertiary/aromatic N) is 1. The fourth-order valence-electron chi connectivity index (χ4n) is 2.95. The molecule has 0 fully saturated rings. The van der Waals surface area contributed by atoms with Crippen LogP contribution in [0.4, 0.5) is 0 Å². The van der Waals surface area contributed by atoms with Crippen LogP contribution in [0.1, 0.15) is 47.8 Å². The lowest BCUT2D eigenvalue weighted by atomic mass is 10.0. The third-order valence-electron chi connectivity index (χ3n) is 4.29. The second-order valence-electron chi connectivity index (χ2n) is 6.72. The van der Waals surface area contributed by atoms with Crippen molar-refractivity contribution in [2.45, 2.75) is 46.7 Å². The van der Waals surface area contributed by atoms with Gasteiger partial charge in [-0.3, -0.25) is 9.59 Å². The van der Waals surface area contributed by atoms with Crippen LogP contribution in [0.2, 0.25) is 0 Å². The first-order valence-corrected chi connectivity index (χ1v) is 8.55. The maximum absolute atomic E-state index is 12.7. The highest BCUT2D eigenvalue weighted by Gasteiger charge is 2.24. The van der Waals surface area contributed by atoms with Gasteiger partial charge in [0, 0.05) is 18.4 Å². The quantitative estimate of drug-likeness (QED) is 0.810. The number of rotatable bonds is 7. The van der Waals surface area contributed by atoms with Crippen molar-refractivity contribution < 1.29 is 14.0 Å². The van der Waals surface area contributed by atoms with Crippen molar-refractivity contribution in [1.82, 2.24) is 15.2 Å². The first-order valence-electron chi connectivity index (χ1n) is 8.55. The number of likely N-dealkylation sites (N-methyl/N-ethyl adjacent to an activating group) is 1. The molecule has 25 heavy (non-hydrogen) atoms. The zero-order valence-corrected chi connectivity index (χ0v) is 15.6. The molecule has 2 amide bonds. The van der Waals surface area contributed by atoms with Crippen LogP contribution in [-0.2, 0) is 11.3 Å². The van der Waals surface area contributed by atoms with E-state index in [1.807, 2.05) is 50.5 Å². The van der Waals surface area contributed by atoms with Crippen LogP contribution in [0.5, 0.6) is 0 Å². The summed E-state index contributed by atoms with van der Waals surface area (Å²) in [6, 6.07) is 5.06. The molecule has 6 heteroatoms. The Labute approximate surface area is 148 Å². The number of aryl methyl sites for hydroxylation is 1. The Hall–Kier alpha value is -2.50. The van der Waals surface area contributed by atoms with Gasteiger partial charge in [0.25, 0.3) is 5.91 Å². The molecular weight excluding hydrogens is 318 g/mol. The van der Waals surface area contributed by atoms with Crippen LogP contribution >= 0.6 is 0 Å². The summed E-state index contributed by atoms with van der Waals surface area (Å²) in [6.07, 6.45) is 2.23. The first-order chi connectivity index (χ1) is 11.8. The number of nitrogens with one attached hydrogen (secondary N) is 2. The molecule has 0 unspecified atom stereocenters. The summed E-state index contributed by atoms with van der Waals surface area (Å²) in [5, 5.41) is 5.48. The van der Waals surface area contributed by atoms with Crippen molar-refractivity contribution in [3.63, 3.8) is 0 Å². The second kappa shape index (κ2) is 8.05. The molecule has 6 nitrogen and oxygen atoms in total. The Morgan fingerprint density at radius 1 is 1.28 bits per heavy atom. The van der Waals surface area contributed by atoms with E-state index in [9.17, 15) is 9.59 Å². The van der Waals surface area contributed by atoms with Gasteiger partial charge in [-0.25, -0.2) is 0 Å². The van der Waals surface area contributed by atoms with Crippen molar-refractivity contribution in [2.24, 2.45) is 5.92 Å². The second-order valence-corrected chi connectivity index (χ2v) is 6.72. The van der Waals surface area contributed by atoms with Gasteiger partial charge in [-0.15, -0.1) is 0 Å². The van der Waals surface area contributed by atoms with E-state index in [0.717, 1.165) is 17.1 Å². The highest BCUT2D eigenvalue weighted by molar-refractivity contribution is 5.98. The fourth-order valence-corrected chi connectivity index (χ4v) is 2.95. The van der Waals surface area contributed by atoms with Gasteiger partial charge in [-0.1, -0.05) is 13.8 Å². The van der Waals surface area contributed by atoms with E-state index in [2.05, 4.69) is 10.6 Å². The predicted octanol–water partition coefficient (Wildman–Crippen LogP) is 2.64. The number of carbonyl (C=O) groups excluding carboxylic acids is 2.